The van der Waals surface area contributed by atoms with Crippen LogP contribution >= 0.6 is 0 Å². The van der Waals surface area contributed by atoms with E-state index in [-0.39, 0.29) is 30.6 Å². The smallest absolute Gasteiger partial charge is 0.314 e. The van der Waals surface area contributed by atoms with Crippen molar-refractivity contribution in [1.29, 1.82) is 0 Å². The van der Waals surface area contributed by atoms with Gasteiger partial charge in [0.05, 0.1) is 12.2 Å². The summed E-state index contributed by atoms with van der Waals surface area (Å²) < 4.78 is 21.4. The Morgan fingerprint density at radius 3 is 2.35 bits per heavy atom. The lowest BCUT2D eigenvalue weighted by Gasteiger charge is -2.40. The molecule has 9 heteroatoms. The highest BCUT2D eigenvalue weighted by Gasteiger charge is 2.39. The van der Waals surface area contributed by atoms with Crippen molar-refractivity contribution in [2.24, 2.45) is 10.6 Å². The first kappa shape index (κ1) is 16.7. The SMILES string of the molecule is NS(=O)(=O)CCCNC(=O)NCC1(CC(=O)O)CCC1. The largest absolute Gasteiger partial charge is 0.481 e. The third-order valence-corrected chi connectivity index (χ3v) is 4.31. The van der Waals surface area contributed by atoms with Crippen molar-refractivity contribution >= 4 is 22.0 Å². The minimum atomic E-state index is -3.50. The summed E-state index contributed by atoms with van der Waals surface area (Å²) in [5.74, 6) is -1.05. The maximum Gasteiger partial charge on any atom is 0.314 e. The second kappa shape index (κ2) is 6.89. The molecule has 1 aliphatic rings. The number of carboxylic acid groups (broad SMARTS) is 1. The van der Waals surface area contributed by atoms with E-state index in [0.29, 0.717) is 6.54 Å². The van der Waals surface area contributed by atoms with Gasteiger partial charge in [-0.3, -0.25) is 4.79 Å². The van der Waals surface area contributed by atoms with Crippen LogP contribution in [0.15, 0.2) is 0 Å². The van der Waals surface area contributed by atoms with Crippen LogP contribution in [0, 0.1) is 5.41 Å². The fourth-order valence-corrected chi connectivity index (χ4v) is 2.77. The van der Waals surface area contributed by atoms with Crippen molar-refractivity contribution in [3.05, 3.63) is 0 Å². The summed E-state index contributed by atoms with van der Waals surface area (Å²) in [5, 5.41) is 18.8. The zero-order valence-electron chi connectivity index (χ0n) is 11.2. The second-order valence-corrected chi connectivity index (χ2v) is 6.99. The van der Waals surface area contributed by atoms with E-state index < -0.39 is 22.0 Å². The van der Waals surface area contributed by atoms with Gasteiger partial charge in [0.1, 0.15) is 0 Å². The Balaban J connectivity index is 2.21. The maximum atomic E-state index is 11.5. The number of amides is 2. The Hall–Kier alpha value is -1.35. The third kappa shape index (κ3) is 6.20. The quantitative estimate of drug-likeness (QED) is 0.452. The second-order valence-electron chi connectivity index (χ2n) is 5.25. The van der Waals surface area contributed by atoms with Gasteiger partial charge in [0.15, 0.2) is 0 Å². The number of carboxylic acids is 1. The molecule has 1 aliphatic carbocycles. The number of rotatable bonds is 8. The van der Waals surface area contributed by atoms with E-state index in [4.69, 9.17) is 10.2 Å². The number of nitrogens with one attached hydrogen (secondary N) is 2. The summed E-state index contributed by atoms with van der Waals surface area (Å²) in [6, 6.07) is -0.420. The van der Waals surface area contributed by atoms with Crippen LogP contribution < -0.4 is 15.8 Å². The van der Waals surface area contributed by atoms with Gasteiger partial charge in [-0.2, -0.15) is 0 Å². The zero-order chi connectivity index (χ0) is 15.2. The molecule has 1 fully saturated rings. The maximum absolute atomic E-state index is 11.5. The normalized spacial score (nSPS) is 17.1. The van der Waals surface area contributed by atoms with E-state index in [0.717, 1.165) is 19.3 Å². The third-order valence-electron chi connectivity index (χ3n) is 3.46. The fraction of sp³-hybridized carbons (Fsp3) is 0.818. The minimum Gasteiger partial charge on any atom is -0.481 e. The van der Waals surface area contributed by atoms with E-state index in [1.165, 1.54) is 0 Å². The van der Waals surface area contributed by atoms with Gasteiger partial charge in [-0.1, -0.05) is 6.42 Å². The molecule has 0 radical (unpaired) electrons. The number of urea groups is 1. The van der Waals surface area contributed by atoms with Crippen molar-refractivity contribution < 1.29 is 23.1 Å². The first-order chi connectivity index (χ1) is 9.22. The van der Waals surface area contributed by atoms with Gasteiger partial charge >= 0.3 is 12.0 Å². The highest BCUT2D eigenvalue weighted by Crippen LogP contribution is 2.43. The molecule has 0 bridgehead atoms. The molecule has 0 saturated heterocycles. The van der Waals surface area contributed by atoms with Crippen molar-refractivity contribution in [3.63, 3.8) is 0 Å². The van der Waals surface area contributed by atoms with Gasteiger partial charge in [-0.15, -0.1) is 0 Å². The summed E-state index contributed by atoms with van der Waals surface area (Å²) in [4.78, 5) is 22.2. The van der Waals surface area contributed by atoms with Crippen LogP contribution in [0.25, 0.3) is 0 Å². The number of aliphatic carboxylic acids is 1. The zero-order valence-corrected chi connectivity index (χ0v) is 12.0. The number of sulfonamides is 1. The van der Waals surface area contributed by atoms with Crippen LogP contribution in [0.4, 0.5) is 4.79 Å². The molecule has 0 atom stereocenters. The van der Waals surface area contributed by atoms with E-state index in [1.54, 1.807) is 0 Å². The van der Waals surface area contributed by atoms with Crippen molar-refractivity contribution in [3.8, 4) is 0 Å². The molecule has 1 rings (SSSR count). The topological polar surface area (TPSA) is 139 Å². The van der Waals surface area contributed by atoms with Crippen LogP contribution in [-0.2, 0) is 14.8 Å². The summed E-state index contributed by atoms with van der Waals surface area (Å²) in [6.07, 6.45) is 2.87. The fourth-order valence-electron chi connectivity index (χ4n) is 2.22. The van der Waals surface area contributed by atoms with Gasteiger partial charge in [0, 0.05) is 13.1 Å². The lowest BCUT2D eigenvalue weighted by Crippen LogP contribution is -2.46. The van der Waals surface area contributed by atoms with Crippen LogP contribution in [0.5, 0.6) is 0 Å². The molecule has 5 N–H and O–H groups in total. The summed E-state index contributed by atoms with van der Waals surface area (Å²) in [6.45, 7) is 0.522. The molecule has 0 heterocycles. The Bertz CT molecular complexity index is 459. The summed E-state index contributed by atoms with van der Waals surface area (Å²) >= 11 is 0. The first-order valence-electron chi connectivity index (χ1n) is 6.46. The number of carbonyl (C=O) groups is 2. The average Bonchev–Trinajstić information content (AvgIpc) is 2.26. The molecule has 0 unspecified atom stereocenters. The van der Waals surface area contributed by atoms with Gasteiger partial charge in [0.25, 0.3) is 0 Å². The van der Waals surface area contributed by atoms with Crippen molar-refractivity contribution in [1.82, 2.24) is 10.6 Å². The molecule has 0 aromatic carbocycles. The number of hydrogen-bond acceptors (Lipinski definition) is 4. The standard InChI is InChI=1S/C11H21N3O5S/c12-20(18,19)6-2-5-13-10(17)14-8-11(3-1-4-11)7-9(15)16/h1-8H2,(H,15,16)(H2,12,18,19)(H2,13,14,17). The summed E-state index contributed by atoms with van der Waals surface area (Å²) in [5.41, 5.74) is -0.330. The van der Waals surface area contributed by atoms with E-state index in [1.807, 2.05) is 0 Å². The Labute approximate surface area is 118 Å². The minimum absolute atomic E-state index is 0.0543. The lowest BCUT2D eigenvalue weighted by molar-refractivity contribution is -0.141. The highest BCUT2D eigenvalue weighted by atomic mass is 32.2. The lowest BCUT2D eigenvalue weighted by atomic mass is 9.66. The van der Waals surface area contributed by atoms with E-state index in [9.17, 15) is 18.0 Å². The molecule has 1 saturated carbocycles. The first-order valence-corrected chi connectivity index (χ1v) is 8.18. The van der Waals surface area contributed by atoms with Gasteiger partial charge in [0.2, 0.25) is 10.0 Å². The summed E-state index contributed by atoms with van der Waals surface area (Å²) in [7, 11) is -3.50. The van der Waals surface area contributed by atoms with Crippen LogP contribution in [0.1, 0.15) is 32.1 Å². The molecular formula is C11H21N3O5S. The number of carbonyl (C=O) groups excluding carboxylic acids is 1. The highest BCUT2D eigenvalue weighted by molar-refractivity contribution is 7.89. The van der Waals surface area contributed by atoms with Gasteiger partial charge in [-0.05, 0) is 24.7 Å². The Morgan fingerprint density at radius 2 is 1.90 bits per heavy atom. The molecule has 116 valence electrons. The monoisotopic (exact) mass is 307 g/mol. The van der Waals surface area contributed by atoms with Gasteiger partial charge < -0.3 is 15.7 Å². The molecule has 0 aromatic heterocycles. The molecule has 20 heavy (non-hydrogen) atoms. The predicted octanol–water partition coefficient (Wildman–Crippen LogP) is -0.391. The van der Waals surface area contributed by atoms with Crippen molar-refractivity contribution in [2.45, 2.75) is 32.1 Å². The van der Waals surface area contributed by atoms with Gasteiger partial charge in [-0.25, -0.2) is 18.4 Å². The Morgan fingerprint density at radius 1 is 1.25 bits per heavy atom. The Kier molecular flexibility index (Phi) is 5.75. The number of primary sulfonamides is 1. The molecule has 0 aromatic rings. The van der Waals surface area contributed by atoms with Crippen LogP contribution in [0.2, 0.25) is 0 Å². The molecule has 2 amide bonds. The molecule has 0 spiro atoms. The van der Waals surface area contributed by atoms with Crippen LogP contribution in [0.3, 0.4) is 0 Å². The number of hydrogen-bond donors (Lipinski definition) is 4. The predicted molar refractivity (Wildman–Crippen MR) is 72.5 cm³/mol. The molecular weight excluding hydrogens is 286 g/mol. The van der Waals surface area contributed by atoms with Crippen molar-refractivity contribution in [2.75, 3.05) is 18.8 Å². The van der Waals surface area contributed by atoms with E-state index >= 15 is 0 Å². The molecule has 8 nitrogen and oxygen atoms in total. The van der Waals surface area contributed by atoms with Crippen LogP contribution in [-0.4, -0.2) is 44.4 Å². The van der Waals surface area contributed by atoms with E-state index in [2.05, 4.69) is 10.6 Å². The molecule has 0 aliphatic heterocycles. The average molecular weight is 307 g/mol. The number of nitrogens with two attached hydrogens (primary N) is 1.